The highest BCUT2D eigenvalue weighted by atomic mass is 15.2. The van der Waals surface area contributed by atoms with Crippen molar-refractivity contribution in [2.24, 2.45) is 5.92 Å². The molecule has 4 heterocycles. The first-order valence-electron chi connectivity index (χ1n) is 12.4. The zero-order valence-corrected chi connectivity index (χ0v) is 19.5. The fourth-order valence-electron chi connectivity index (χ4n) is 5.51. The summed E-state index contributed by atoms with van der Waals surface area (Å²) in [6.45, 7) is 3.75. The number of hydrogen-bond acceptors (Lipinski definition) is 6. The van der Waals surface area contributed by atoms with Crippen molar-refractivity contribution in [3.63, 3.8) is 0 Å². The summed E-state index contributed by atoms with van der Waals surface area (Å²) in [7, 11) is 0. The topological polar surface area (TPSA) is 85.2 Å². The third-order valence-electron chi connectivity index (χ3n) is 7.56. The van der Waals surface area contributed by atoms with Gasteiger partial charge in [0.1, 0.15) is 22.9 Å². The van der Waals surface area contributed by atoms with Crippen LogP contribution >= 0.6 is 0 Å². The van der Waals surface area contributed by atoms with Gasteiger partial charge in [-0.1, -0.05) is 36.4 Å². The summed E-state index contributed by atoms with van der Waals surface area (Å²) in [5.74, 6) is 2.81. The van der Waals surface area contributed by atoms with Crippen molar-refractivity contribution < 1.29 is 0 Å². The number of hydrogen-bond donors (Lipinski definition) is 1. The Morgan fingerprint density at radius 2 is 1.77 bits per heavy atom. The summed E-state index contributed by atoms with van der Waals surface area (Å²) in [4.78, 5) is 21.7. The van der Waals surface area contributed by atoms with Crippen LogP contribution in [0.2, 0.25) is 0 Å². The smallest absolute Gasteiger partial charge is 0.150 e. The molecule has 1 aliphatic heterocycles. The van der Waals surface area contributed by atoms with Crippen LogP contribution in [-0.2, 0) is 0 Å². The molecule has 0 radical (unpaired) electrons. The van der Waals surface area contributed by atoms with E-state index >= 15 is 0 Å². The van der Waals surface area contributed by atoms with Gasteiger partial charge in [0.25, 0.3) is 0 Å². The zero-order valence-electron chi connectivity index (χ0n) is 19.5. The molecule has 2 aliphatic rings. The lowest BCUT2D eigenvalue weighted by Crippen LogP contribution is -2.43. The molecule has 0 spiro atoms. The molecule has 3 aromatic heterocycles. The lowest BCUT2D eigenvalue weighted by Gasteiger charge is -2.41. The Morgan fingerprint density at radius 3 is 2.57 bits per heavy atom. The monoisotopic (exact) mass is 461 g/mol. The fourth-order valence-corrected chi connectivity index (χ4v) is 5.51. The van der Waals surface area contributed by atoms with Crippen molar-refractivity contribution in [3.05, 3.63) is 72.9 Å². The third kappa shape index (κ3) is 3.54. The van der Waals surface area contributed by atoms with Gasteiger partial charge in [-0.25, -0.2) is 15.0 Å². The van der Waals surface area contributed by atoms with Crippen molar-refractivity contribution in [3.8, 4) is 22.5 Å². The highest BCUT2D eigenvalue weighted by Gasteiger charge is 2.36. The van der Waals surface area contributed by atoms with E-state index in [9.17, 15) is 0 Å². The average molecular weight is 462 g/mol. The maximum atomic E-state index is 6.39. The highest BCUT2D eigenvalue weighted by Crippen LogP contribution is 2.44. The molecule has 0 bridgehead atoms. The molecule has 0 amide bonds. The Balaban J connectivity index is 1.27. The van der Waals surface area contributed by atoms with E-state index in [2.05, 4.69) is 43.5 Å². The molecule has 1 aliphatic carbocycles. The normalized spacial score (nSPS) is 20.1. The number of fused-ring (bicyclic) bond motifs is 2. The van der Waals surface area contributed by atoms with Crippen LogP contribution in [0.15, 0.2) is 67.1 Å². The lowest BCUT2D eigenvalue weighted by atomic mass is 9.74. The molecule has 2 aromatic carbocycles. The van der Waals surface area contributed by atoms with Gasteiger partial charge >= 0.3 is 0 Å². The van der Waals surface area contributed by atoms with Gasteiger partial charge in [0, 0.05) is 36.0 Å². The van der Waals surface area contributed by atoms with Gasteiger partial charge in [0.2, 0.25) is 0 Å². The Labute approximate surface area is 203 Å². The minimum atomic E-state index is 0.453. The summed E-state index contributed by atoms with van der Waals surface area (Å²) >= 11 is 0. The summed E-state index contributed by atoms with van der Waals surface area (Å²) in [6.07, 6.45) is 9.30. The first-order valence-corrected chi connectivity index (χ1v) is 12.4. The molecule has 1 saturated carbocycles. The Hall–Kier alpha value is -3.84. The molecule has 0 atom stereocenters. The van der Waals surface area contributed by atoms with Gasteiger partial charge in [-0.3, -0.25) is 9.38 Å². The second-order valence-electron chi connectivity index (χ2n) is 9.86. The second kappa shape index (κ2) is 8.13. The highest BCUT2D eigenvalue weighted by molar-refractivity contribution is 5.90. The summed E-state index contributed by atoms with van der Waals surface area (Å²) < 4.78 is 2.15. The minimum absolute atomic E-state index is 0.453. The number of nitrogens with two attached hydrogens (primary N) is 1. The number of nitrogens with zero attached hydrogens (tertiary/aromatic N) is 6. The summed E-state index contributed by atoms with van der Waals surface area (Å²) in [5, 5.41) is 0. The second-order valence-corrected chi connectivity index (χ2v) is 9.86. The Morgan fingerprint density at radius 1 is 0.914 bits per heavy atom. The molecule has 174 valence electrons. The van der Waals surface area contributed by atoms with Crippen LogP contribution in [0.1, 0.15) is 31.0 Å². The molecule has 7 heteroatoms. The van der Waals surface area contributed by atoms with Crippen LogP contribution in [0.25, 0.3) is 39.1 Å². The maximum Gasteiger partial charge on any atom is 0.150 e. The van der Waals surface area contributed by atoms with Crippen molar-refractivity contribution in [1.29, 1.82) is 0 Å². The van der Waals surface area contributed by atoms with E-state index in [4.69, 9.17) is 15.7 Å². The van der Waals surface area contributed by atoms with Crippen LogP contribution < -0.4 is 5.73 Å². The van der Waals surface area contributed by atoms with Gasteiger partial charge in [0.05, 0.1) is 22.9 Å². The van der Waals surface area contributed by atoms with Crippen molar-refractivity contribution >= 4 is 22.4 Å². The molecule has 7 rings (SSSR count). The van der Waals surface area contributed by atoms with Crippen LogP contribution in [0, 0.1) is 5.92 Å². The molecule has 7 nitrogen and oxygen atoms in total. The Kier molecular flexibility index (Phi) is 4.77. The van der Waals surface area contributed by atoms with E-state index < -0.39 is 0 Å². The van der Waals surface area contributed by atoms with E-state index in [0.717, 1.165) is 50.8 Å². The summed E-state index contributed by atoms with van der Waals surface area (Å²) in [5.41, 5.74) is 12.7. The molecular formula is C28H27N7. The number of likely N-dealkylation sites (tertiary alicyclic amines) is 1. The molecule has 2 N–H and O–H groups in total. The van der Waals surface area contributed by atoms with Crippen molar-refractivity contribution in [1.82, 2.24) is 29.2 Å². The third-order valence-corrected chi connectivity index (χ3v) is 7.56. The average Bonchev–Trinajstić information content (AvgIpc) is 3.22. The molecule has 1 saturated heterocycles. The first-order chi connectivity index (χ1) is 17.2. The fraction of sp³-hybridized carbons (Fsp3) is 0.286. The predicted octanol–water partition coefficient (Wildman–Crippen LogP) is 4.79. The van der Waals surface area contributed by atoms with E-state index in [1.165, 1.54) is 38.9 Å². The van der Waals surface area contributed by atoms with Gasteiger partial charge in [-0.15, -0.1) is 0 Å². The number of aromatic nitrogens is 5. The van der Waals surface area contributed by atoms with E-state index in [1.54, 1.807) is 6.20 Å². The van der Waals surface area contributed by atoms with Gasteiger partial charge < -0.3 is 10.6 Å². The molecule has 0 unspecified atom stereocenters. The van der Waals surface area contributed by atoms with Gasteiger partial charge in [-0.2, -0.15) is 0 Å². The number of imidazole rings is 1. The first kappa shape index (κ1) is 20.5. The SMILES string of the molecule is Nc1nccn2c(C3CC(CN4CCC4)C3)nc(-c3ccc4ncc(-c5ccccc5)nc4c3)c12. The van der Waals surface area contributed by atoms with Crippen LogP contribution in [0.4, 0.5) is 5.82 Å². The van der Waals surface area contributed by atoms with E-state index in [1.807, 2.05) is 36.7 Å². The molecule has 5 aromatic rings. The quantitative estimate of drug-likeness (QED) is 0.405. The van der Waals surface area contributed by atoms with Crippen LogP contribution in [-0.4, -0.2) is 48.9 Å². The lowest BCUT2D eigenvalue weighted by molar-refractivity contribution is 0.107. The zero-order chi connectivity index (χ0) is 23.4. The minimum Gasteiger partial charge on any atom is -0.382 e. The van der Waals surface area contributed by atoms with E-state index in [0.29, 0.717) is 11.7 Å². The number of nitrogen functional groups attached to an aromatic ring is 1. The number of anilines is 1. The number of benzene rings is 2. The molecule has 2 fully saturated rings. The van der Waals surface area contributed by atoms with Gasteiger partial charge in [0.15, 0.2) is 0 Å². The largest absolute Gasteiger partial charge is 0.382 e. The van der Waals surface area contributed by atoms with Crippen molar-refractivity contribution in [2.75, 3.05) is 25.4 Å². The van der Waals surface area contributed by atoms with Crippen LogP contribution in [0.3, 0.4) is 0 Å². The van der Waals surface area contributed by atoms with Gasteiger partial charge in [-0.05, 0) is 50.4 Å². The van der Waals surface area contributed by atoms with E-state index in [-0.39, 0.29) is 0 Å². The standard InChI is InChI=1S/C28H27N7/c29-27-26-25(20-7-8-22-23(15-20)32-24(16-31-22)19-5-2-1-3-6-19)33-28(35(26)12-9-30-27)21-13-18(14-21)17-34-10-4-11-34/h1-3,5-9,12,15-16,18,21H,4,10-11,13-14,17H2,(H2,29,30). The van der Waals surface area contributed by atoms with Crippen molar-refractivity contribution in [2.45, 2.75) is 25.2 Å². The number of rotatable bonds is 5. The Bertz CT molecular complexity index is 1530. The van der Waals surface area contributed by atoms with Crippen LogP contribution in [0.5, 0.6) is 0 Å². The summed E-state index contributed by atoms with van der Waals surface area (Å²) in [6, 6.07) is 16.3. The molecule has 35 heavy (non-hydrogen) atoms. The molecular weight excluding hydrogens is 434 g/mol. The predicted molar refractivity (Wildman–Crippen MR) is 138 cm³/mol. The maximum absolute atomic E-state index is 6.39.